The van der Waals surface area contributed by atoms with Gasteiger partial charge in [-0.2, -0.15) is 0 Å². The highest BCUT2D eigenvalue weighted by Gasteiger charge is 2.28. The first-order chi connectivity index (χ1) is 10.7. The molecule has 1 saturated heterocycles. The predicted molar refractivity (Wildman–Crippen MR) is 92.4 cm³/mol. The average Bonchev–Trinajstić information content (AvgIpc) is 2.45. The van der Waals surface area contributed by atoms with Gasteiger partial charge in [0.1, 0.15) is 5.60 Å². The molecule has 0 radical (unpaired) electrons. The van der Waals surface area contributed by atoms with Crippen molar-refractivity contribution in [2.75, 3.05) is 33.7 Å². The number of hydrogen-bond donors (Lipinski definition) is 1. The highest BCUT2D eigenvalue weighted by atomic mass is 16.6. The Hall–Kier alpha value is -1.59. The van der Waals surface area contributed by atoms with Gasteiger partial charge in [0.2, 0.25) is 0 Å². The average molecular weight is 319 g/mol. The van der Waals surface area contributed by atoms with Gasteiger partial charge in [0, 0.05) is 26.2 Å². The summed E-state index contributed by atoms with van der Waals surface area (Å²) in [6.07, 6.45) is -0.228. The zero-order chi connectivity index (χ0) is 17.0. The molecule has 128 valence electrons. The number of piperazine rings is 1. The van der Waals surface area contributed by atoms with Crippen LogP contribution < -0.4 is 5.32 Å². The van der Waals surface area contributed by atoms with E-state index in [2.05, 4.69) is 48.6 Å². The molecule has 1 unspecified atom stereocenters. The SMILES string of the molecule is CN(C)Cc1cccc(C2CN(C(=O)OC(C)(C)C)CCN2)c1. The molecule has 1 N–H and O–H groups in total. The van der Waals surface area contributed by atoms with Crippen LogP contribution in [0.3, 0.4) is 0 Å². The molecular weight excluding hydrogens is 290 g/mol. The lowest BCUT2D eigenvalue weighted by Crippen LogP contribution is -2.49. The van der Waals surface area contributed by atoms with Crippen LogP contribution in [0.5, 0.6) is 0 Å². The first-order valence-electron chi connectivity index (χ1n) is 8.19. The Bertz CT molecular complexity index is 537. The summed E-state index contributed by atoms with van der Waals surface area (Å²) in [6.45, 7) is 8.71. The molecule has 1 aliphatic rings. The van der Waals surface area contributed by atoms with Gasteiger partial charge in [-0.25, -0.2) is 4.79 Å². The maximum absolute atomic E-state index is 12.3. The molecule has 1 amide bonds. The molecule has 1 heterocycles. The van der Waals surface area contributed by atoms with Crippen LogP contribution in [-0.4, -0.2) is 55.2 Å². The molecule has 0 saturated carbocycles. The van der Waals surface area contributed by atoms with Crippen LogP contribution in [0.25, 0.3) is 0 Å². The van der Waals surface area contributed by atoms with Crippen LogP contribution in [0.2, 0.25) is 0 Å². The zero-order valence-corrected chi connectivity index (χ0v) is 14.9. The first-order valence-corrected chi connectivity index (χ1v) is 8.19. The van der Waals surface area contributed by atoms with E-state index in [9.17, 15) is 4.79 Å². The molecule has 5 heteroatoms. The summed E-state index contributed by atoms with van der Waals surface area (Å²) in [7, 11) is 4.13. The summed E-state index contributed by atoms with van der Waals surface area (Å²) in [5.74, 6) is 0. The van der Waals surface area contributed by atoms with Crippen molar-refractivity contribution in [3.05, 3.63) is 35.4 Å². The predicted octanol–water partition coefficient (Wildman–Crippen LogP) is 2.63. The van der Waals surface area contributed by atoms with Gasteiger partial charge < -0.3 is 19.9 Å². The standard InChI is InChI=1S/C18H29N3O2/c1-18(2,3)23-17(22)21-10-9-19-16(13-21)15-8-6-7-14(11-15)12-20(4)5/h6-8,11,16,19H,9-10,12-13H2,1-5H3. The van der Waals surface area contributed by atoms with Crippen LogP contribution in [0.15, 0.2) is 24.3 Å². The van der Waals surface area contributed by atoms with E-state index in [0.29, 0.717) is 13.1 Å². The molecule has 1 fully saturated rings. The lowest BCUT2D eigenvalue weighted by molar-refractivity contribution is 0.0195. The van der Waals surface area contributed by atoms with Gasteiger partial charge in [0.15, 0.2) is 0 Å². The summed E-state index contributed by atoms with van der Waals surface area (Å²) in [5, 5.41) is 3.50. The Kier molecular flexibility index (Phi) is 5.65. The van der Waals surface area contributed by atoms with Gasteiger partial charge in [-0.15, -0.1) is 0 Å². The number of carbonyl (C=O) groups is 1. The second kappa shape index (κ2) is 7.32. The van der Waals surface area contributed by atoms with Crippen LogP contribution >= 0.6 is 0 Å². The quantitative estimate of drug-likeness (QED) is 0.930. The third kappa shape index (κ3) is 5.52. The molecule has 0 bridgehead atoms. The molecule has 1 aromatic carbocycles. The van der Waals surface area contributed by atoms with Gasteiger partial charge in [-0.05, 0) is 46.0 Å². The molecule has 5 nitrogen and oxygen atoms in total. The lowest BCUT2D eigenvalue weighted by Gasteiger charge is -2.35. The van der Waals surface area contributed by atoms with Crippen LogP contribution in [-0.2, 0) is 11.3 Å². The van der Waals surface area contributed by atoms with Gasteiger partial charge >= 0.3 is 6.09 Å². The molecule has 2 rings (SSSR count). The Morgan fingerprint density at radius 3 is 2.78 bits per heavy atom. The fraction of sp³-hybridized carbons (Fsp3) is 0.611. The fourth-order valence-electron chi connectivity index (χ4n) is 2.74. The van der Waals surface area contributed by atoms with E-state index in [-0.39, 0.29) is 12.1 Å². The van der Waals surface area contributed by atoms with Gasteiger partial charge in [-0.3, -0.25) is 0 Å². The number of rotatable bonds is 3. The van der Waals surface area contributed by atoms with E-state index in [0.717, 1.165) is 13.1 Å². The summed E-state index contributed by atoms with van der Waals surface area (Å²) in [5.41, 5.74) is 2.05. The topological polar surface area (TPSA) is 44.8 Å². The second-order valence-electron chi connectivity index (χ2n) is 7.42. The van der Waals surface area contributed by atoms with Gasteiger partial charge in [-0.1, -0.05) is 24.3 Å². The van der Waals surface area contributed by atoms with E-state index in [1.165, 1.54) is 11.1 Å². The monoisotopic (exact) mass is 319 g/mol. The van der Waals surface area contributed by atoms with E-state index in [4.69, 9.17) is 4.74 Å². The highest BCUT2D eigenvalue weighted by molar-refractivity contribution is 5.68. The molecule has 0 aromatic heterocycles. The minimum Gasteiger partial charge on any atom is -0.444 e. The normalized spacial score (nSPS) is 19.0. The van der Waals surface area contributed by atoms with Crippen molar-refractivity contribution in [2.45, 2.75) is 39.0 Å². The minimum absolute atomic E-state index is 0.151. The molecule has 1 aromatic rings. The summed E-state index contributed by atoms with van der Waals surface area (Å²) in [4.78, 5) is 16.2. The van der Waals surface area contributed by atoms with Crippen molar-refractivity contribution in [1.82, 2.24) is 15.1 Å². The van der Waals surface area contributed by atoms with Crippen molar-refractivity contribution in [3.8, 4) is 0 Å². The van der Waals surface area contributed by atoms with Crippen molar-refractivity contribution >= 4 is 6.09 Å². The summed E-state index contributed by atoms with van der Waals surface area (Å²) >= 11 is 0. The Morgan fingerprint density at radius 1 is 1.39 bits per heavy atom. The van der Waals surface area contributed by atoms with E-state index < -0.39 is 5.60 Å². The third-order valence-electron chi connectivity index (χ3n) is 3.68. The number of hydrogen-bond acceptors (Lipinski definition) is 4. The number of benzene rings is 1. The third-order valence-corrected chi connectivity index (χ3v) is 3.68. The van der Waals surface area contributed by atoms with Crippen molar-refractivity contribution < 1.29 is 9.53 Å². The number of amides is 1. The fourth-order valence-corrected chi connectivity index (χ4v) is 2.74. The Balaban J connectivity index is 2.05. The van der Waals surface area contributed by atoms with E-state index in [1.54, 1.807) is 4.90 Å². The molecular formula is C18H29N3O2. The number of nitrogens with one attached hydrogen (secondary N) is 1. The number of nitrogens with zero attached hydrogens (tertiary/aromatic N) is 2. The van der Waals surface area contributed by atoms with Crippen LogP contribution in [0.1, 0.15) is 37.9 Å². The summed E-state index contributed by atoms with van der Waals surface area (Å²) in [6, 6.07) is 8.71. The van der Waals surface area contributed by atoms with Gasteiger partial charge in [0.25, 0.3) is 0 Å². The van der Waals surface area contributed by atoms with E-state index >= 15 is 0 Å². The lowest BCUT2D eigenvalue weighted by atomic mass is 10.0. The highest BCUT2D eigenvalue weighted by Crippen LogP contribution is 2.20. The largest absolute Gasteiger partial charge is 0.444 e. The smallest absolute Gasteiger partial charge is 0.410 e. The van der Waals surface area contributed by atoms with Crippen molar-refractivity contribution in [2.24, 2.45) is 0 Å². The molecule has 1 aliphatic heterocycles. The Morgan fingerprint density at radius 2 is 2.13 bits per heavy atom. The molecule has 0 aliphatic carbocycles. The minimum atomic E-state index is -0.455. The van der Waals surface area contributed by atoms with Crippen molar-refractivity contribution in [1.29, 1.82) is 0 Å². The molecule has 1 atom stereocenters. The number of carbonyl (C=O) groups excluding carboxylic acids is 1. The summed E-state index contributed by atoms with van der Waals surface area (Å²) < 4.78 is 5.49. The first kappa shape index (κ1) is 17.8. The molecule has 23 heavy (non-hydrogen) atoms. The number of ether oxygens (including phenoxy) is 1. The molecule has 0 spiro atoms. The maximum atomic E-state index is 12.3. The van der Waals surface area contributed by atoms with Crippen LogP contribution in [0.4, 0.5) is 4.79 Å². The van der Waals surface area contributed by atoms with Crippen molar-refractivity contribution in [3.63, 3.8) is 0 Å². The zero-order valence-electron chi connectivity index (χ0n) is 14.9. The second-order valence-corrected chi connectivity index (χ2v) is 7.42. The van der Waals surface area contributed by atoms with Crippen LogP contribution in [0, 0.1) is 0 Å². The van der Waals surface area contributed by atoms with E-state index in [1.807, 2.05) is 20.8 Å². The Labute approximate surface area is 139 Å². The maximum Gasteiger partial charge on any atom is 0.410 e. The van der Waals surface area contributed by atoms with Gasteiger partial charge in [0.05, 0.1) is 6.04 Å².